The van der Waals surface area contributed by atoms with Gasteiger partial charge in [-0.25, -0.2) is 0 Å². The second-order valence-electron chi connectivity index (χ2n) is 9.37. The summed E-state index contributed by atoms with van der Waals surface area (Å²) < 4.78 is 0. The Hall–Kier alpha value is -0.160. The first-order chi connectivity index (χ1) is 11.4. The molecule has 4 nitrogen and oxygen atoms in total. The van der Waals surface area contributed by atoms with Crippen molar-refractivity contribution in [1.82, 2.24) is 9.80 Å². The molecule has 3 rings (SSSR count). The molecule has 0 aromatic rings. The summed E-state index contributed by atoms with van der Waals surface area (Å²) in [6, 6.07) is 0. The van der Waals surface area contributed by atoms with Gasteiger partial charge in [-0.1, -0.05) is 13.8 Å². The van der Waals surface area contributed by atoms with Gasteiger partial charge in [-0.15, -0.1) is 0 Å². The molecule has 140 valence electrons. The van der Waals surface area contributed by atoms with E-state index in [0.717, 1.165) is 76.8 Å². The first kappa shape index (κ1) is 18.6. The van der Waals surface area contributed by atoms with E-state index in [9.17, 15) is 10.2 Å². The standard InChI is InChI=1S/C20H38N2O2/c1-17-3-7-19(23,8-4-17)15-21-11-13-22(14-12-21)16-20(24)9-5-18(2)6-10-20/h17-18,23-24H,3-16H2,1-2H3. The van der Waals surface area contributed by atoms with Crippen LogP contribution < -0.4 is 0 Å². The molecule has 3 aliphatic rings. The summed E-state index contributed by atoms with van der Waals surface area (Å²) in [5, 5.41) is 21.7. The minimum Gasteiger partial charge on any atom is -0.389 e. The van der Waals surface area contributed by atoms with Crippen LogP contribution in [0.25, 0.3) is 0 Å². The largest absolute Gasteiger partial charge is 0.389 e. The van der Waals surface area contributed by atoms with E-state index in [1.54, 1.807) is 0 Å². The fraction of sp³-hybridized carbons (Fsp3) is 1.00. The van der Waals surface area contributed by atoms with Crippen LogP contribution in [0.4, 0.5) is 0 Å². The normalized spacial score (nSPS) is 43.0. The molecule has 0 aromatic carbocycles. The van der Waals surface area contributed by atoms with Crippen molar-refractivity contribution in [2.45, 2.75) is 76.4 Å². The van der Waals surface area contributed by atoms with Crippen LogP contribution in [0.3, 0.4) is 0 Å². The van der Waals surface area contributed by atoms with Crippen molar-refractivity contribution in [3.05, 3.63) is 0 Å². The van der Waals surface area contributed by atoms with Gasteiger partial charge in [-0.05, 0) is 63.2 Å². The third-order valence-corrected chi connectivity index (χ3v) is 6.91. The Labute approximate surface area is 148 Å². The van der Waals surface area contributed by atoms with Crippen molar-refractivity contribution in [1.29, 1.82) is 0 Å². The molecular weight excluding hydrogens is 300 g/mol. The highest BCUT2D eigenvalue weighted by Crippen LogP contribution is 2.34. The van der Waals surface area contributed by atoms with Gasteiger partial charge in [0.15, 0.2) is 0 Å². The molecule has 0 bridgehead atoms. The van der Waals surface area contributed by atoms with E-state index in [-0.39, 0.29) is 0 Å². The molecule has 1 saturated heterocycles. The summed E-state index contributed by atoms with van der Waals surface area (Å²) in [6.45, 7) is 10.4. The zero-order valence-electron chi connectivity index (χ0n) is 15.8. The average Bonchev–Trinajstić information content (AvgIpc) is 2.56. The summed E-state index contributed by atoms with van der Waals surface area (Å²) in [5.74, 6) is 1.56. The third-order valence-electron chi connectivity index (χ3n) is 6.91. The molecule has 0 aromatic heterocycles. The highest BCUT2D eigenvalue weighted by molar-refractivity contribution is 4.91. The predicted molar refractivity (Wildman–Crippen MR) is 98.0 cm³/mol. The minimum atomic E-state index is -0.452. The zero-order valence-corrected chi connectivity index (χ0v) is 15.8. The highest BCUT2D eigenvalue weighted by Gasteiger charge is 2.37. The quantitative estimate of drug-likeness (QED) is 0.827. The van der Waals surface area contributed by atoms with Crippen molar-refractivity contribution in [3.8, 4) is 0 Å². The van der Waals surface area contributed by atoms with E-state index in [2.05, 4.69) is 23.6 Å². The fourth-order valence-corrected chi connectivity index (χ4v) is 4.85. The molecule has 4 heteroatoms. The molecule has 3 fully saturated rings. The molecule has 0 radical (unpaired) electrons. The first-order valence-electron chi connectivity index (χ1n) is 10.3. The van der Waals surface area contributed by atoms with E-state index in [4.69, 9.17) is 0 Å². The summed E-state index contributed by atoms with van der Waals surface area (Å²) in [6.07, 6.45) is 8.53. The predicted octanol–water partition coefficient (Wildman–Crippen LogP) is 2.49. The van der Waals surface area contributed by atoms with Crippen LogP contribution in [0.2, 0.25) is 0 Å². The molecule has 24 heavy (non-hydrogen) atoms. The van der Waals surface area contributed by atoms with Crippen molar-refractivity contribution in [3.63, 3.8) is 0 Å². The van der Waals surface area contributed by atoms with Crippen LogP contribution in [0.1, 0.15) is 65.2 Å². The molecule has 2 aliphatic carbocycles. The van der Waals surface area contributed by atoms with E-state index >= 15 is 0 Å². The second kappa shape index (κ2) is 7.61. The highest BCUT2D eigenvalue weighted by atomic mass is 16.3. The van der Waals surface area contributed by atoms with Gasteiger partial charge in [0.2, 0.25) is 0 Å². The molecule has 0 unspecified atom stereocenters. The molecule has 0 amide bonds. The van der Waals surface area contributed by atoms with E-state index in [0.29, 0.717) is 0 Å². The van der Waals surface area contributed by atoms with Gasteiger partial charge >= 0.3 is 0 Å². The lowest BCUT2D eigenvalue weighted by Gasteiger charge is -2.44. The van der Waals surface area contributed by atoms with Crippen LogP contribution >= 0.6 is 0 Å². The molecule has 1 aliphatic heterocycles. The summed E-state index contributed by atoms with van der Waals surface area (Å²) in [4.78, 5) is 4.89. The van der Waals surface area contributed by atoms with Crippen LogP contribution in [0.5, 0.6) is 0 Å². The molecule has 1 heterocycles. The Morgan fingerprint density at radius 3 is 1.25 bits per heavy atom. The number of β-amino-alcohol motifs (C(OH)–C–C–N with tert-alkyl or cyclic N) is 2. The van der Waals surface area contributed by atoms with E-state index in [1.165, 1.54) is 25.7 Å². The maximum Gasteiger partial charge on any atom is 0.0774 e. The van der Waals surface area contributed by atoms with Crippen LogP contribution in [-0.4, -0.2) is 70.5 Å². The Kier molecular flexibility index (Phi) is 5.90. The number of hydrogen-bond acceptors (Lipinski definition) is 4. The van der Waals surface area contributed by atoms with Gasteiger partial charge in [0.1, 0.15) is 0 Å². The van der Waals surface area contributed by atoms with Gasteiger partial charge in [0.25, 0.3) is 0 Å². The summed E-state index contributed by atoms with van der Waals surface area (Å²) in [7, 11) is 0. The van der Waals surface area contributed by atoms with Crippen molar-refractivity contribution in [2.24, 2.45) is 11.8 Å². The van der Waals surface area contributed by atoms with Gasteiger partial charge in [0.05, 0.1) is 11.2 Å². The lowest BCUT2D eigenvalue weighted by atomic mass is 9.79. The number of rotatable bonds is 4. The fourth-order valence-electron chi connectivity index (χ4n) is 4.85. The number of aliphatic hydroxyl groups is 2. The maximum atomic E-state index is 10.8. The maximum absolute atomic E-state index is 10.8. The van der Waals surface area contributed by atoms with Crippen molar-refractivity contribution < 1.29 is 10.2 Å². The topological polar surface area (TPSA) is 46.9 Å². The molecule has 0 atom stereocenters. The summed E-state index contributed by atoms with van der Waals surface area (Å²) >= 11 is 0. The minimum absolute atomic E-state index is 0.452. The smallest absolute Gasteiger partial charge is 0.0774 e. The Bertz CT molecular complexity index is 352. The van der Waals surface area contributed by atoms with Gasteiger partial charge in [0, 0.05) is 39.3 Å². The lowest BCUT2D eigenvalue weighted by Crippen LogP contribution is -2.55. The first-order valence-corrected chi connectivity index (χ1v) is 10.3. The van der Waals surface area contributed by atoms with Gasteiger partial charge in [-0.2, -0.15) is 0 Å². The molecule has 2 saturated carbocycles. The number of piperazine rings is 1. The Morgan fingerprint density at radius 1 is 0.667 bits per heavy atom. The van der Waals surface area contributed by atoms with Crippen molar-refractivity contribution in [2.75, 3.05) is 39.3 Å². The Balaban J connectivity index is 1.41. The molecule has 0 spiro atoms. The number of nitrogens with zero attached hydrogens (tertiary/aromatic N) is 2. The van der Waals surface area contributed by atoms with E-state index in [1.807, 2.05) is 0 Å². The van der Waals surface area contributed by atoms with E-state index < -0.39 is 11.2 Å². The van der Waals surface area contributed by atoms with Gasteiger partial charge < -0.3 is 10.2 Å². The second-order valence-corrected chi connectivity index (χ2v) is 9.37. The summed E-state index contributed by atoms with van der Waals surface area (Å²) in [5.41, 5.74) is -0.904. The van der Waals surface area contributed by atoms with Crippen molar-refractivity contribution >= 4 is 0 Å². The SMILES string of the molecule is CC1CCC(O)(CN2CCN(CC3(O)CCC(C)CC3)CC2)CC1. The van der Waals surface area contributed by atoms with Crippen LogP contribution in [0, 0.1) is 11.8 Å². The monoisotopic (exact) mass is 338 g/mol. The van der Waals surface area contributed by atoms with Gasteiger partial charge in [-0.3, -0.25) is 9.80 Å². The Morgan fingerprint density at radius 2 is 0.958 bits per heavy atom. The average molecular weight is 339 g/mol. The third kappa shape index (κ3) is 4.94. The number of hydrogen-bond donors (Lipinski definition) is 2. The van der Waals surface area contributed by atoms with Crippen LogP contribution in [-0.2, 0) is 0 Å². The lowest BCUT2D eigenvalue weighted by molar-refractivity contribution is -0.0616. The molecule has 2 N–H and O–H groups in total. The van der Waals surface area contributed by atoms with Crippen LogP contribution in [0.15, 0.2) is 0 Å². The molecular formula is C20H38N2O2. The zero-order chi connectivity index (χ0) is 17.2.